The SMILES string of the molecule is Cl.N[C@H](CC(F)F)c1cccc(-c2ccccc2)c1. The van der Waals surface area contributed by atoms with Gasteiger partial charge in [-0.05, 0) is 22.8 Å². The minimum atomic E-state index is -2.37. The lowest BCUT2D eigenvalue weighted by Gasteiger charge is -2.12. The Morgan fingerprint density at radius 2 is 1.53 bits per heavy atom. The van der Waals surface area contributed by atoms with Gasteiger partial charge in [0.2, 0.25) is 6.43 Å². The molecule has 2 N–H and O–H groups in total. The van der Waals surface area contributed by atoms with Crippen LogP contribution in [0, 0.1) is 0 Å². The third kappa shape index (κ3) is 4.30. The Balaban J connectivity index is 0.00000180. The van der Waals surface area contributed by atoms with Crippen LogP contribution in [-0.2, 0) is 0 Å². The first-order valence-electron chi connectivity index (χ1n) is 5.86. The predicted molar refractivity (Wildman–Crippen MR) is 76.7 cm³/mol. The van der Waals surface area contributed by atoms with Gasteiger partial charge in [-0.1, -0.05) is 48.5 Å². The van der Waals surface area contributed by atoms with E-state index in [-0.39, 0.29) is 18.8 Å². The Hall–Kier alpha value is -1.45. The van der Waals surface area contributed by atoms with E-state index in [1.165, 1.54) is 0 Å². The fourth-order valence-electron chi connectivity index (χ4n) is 1.91. The molecule has 0 spiro atoms. The molecule has 0 saturated heterocycles. The van der Waals surface area contributed by atoms with Crippen molar-refractivity contribution in [2.24, 2.45) is 5.73 Å². The van der Waals surface area contributed by atoms with Gasteiger partial charge in [0, 0.05) is 12.5 Å². The number of nitrogens with two attached hydrogens (primary N) is 1. The van der Waals surface area contributed by atoms with Gasteiger partial charge in [-0.3, -0.25) is 0 Å². The van der Waals surface area contributed by atoms with Gasteiger partial charge in [0.15, 0.2) is 0 Å². The van der Waals surface area contributed by atoms with Gasteiger partial charge in [0.25, 0.3) is 0 Å². The van der Waals surface area contributed by atoms with Gasteiger partial charge in [-0.25, -0.2) is 8.78 Å². The molecule has 0 aliphatic rings. The van der Waals surface area contributed by atoms with Crippen LogP contribution in [0.5, 0.6) is 0 Å². The molecular weight excluding hydrogens is 268 g/mol. The van der Waals surface area contributed by atoms with Crippen LogP contribution in [-0.4, -0.2) is 6.43 Å². The molecule has 1 nitrogen and oxygen atoms in total. The van der Waals surface area contributed by atoms with E-state index in [4.69, 9.17) is 5.73 Å². The van der Waals surface area contributed by atoms with Crippen molar-refractivity contribution in [2.75, 3.05) is 0 Å². The van der Waals surface area contributed by atoms with Crippen LogP contribution in [0.2, 0.25) is 0 Å². The van der Waals surface area contributed by atoms with Gasteiger partial charge in [-0.2, -0.15) is 0 Å². The molecule has 2 aromatic carbocycles. The maximum absolute atomic E-state index is 12.3. The first-order valence-corrected chi connectivity index (χ1v) is 5.86. The molecule has 0 heterocycles. The van der Waals surface area contributed by atoms with Crippen LogP contribution in [0.15, 0.2) is 54.6 Å². The van der Waals surface area contributed by atoms with Gasteiger partial charge in [0.1, 0.15) is 0 Å². The Kier molecular flexibility index (Phi) is 5.93. The average Bonchev–Trinajstić information content (AvgIpc) is 2.39. The molecule has 4 heteroatoms. The van der Waals surface area contributed by atoms with E-state index < -0.39 is 12.5 Å². The summed E-state index contributed by atoms with van der Waals surface area (Å²) in [5.41, 5.74) is 8.57. The van der Waals surface area contributed by atoms with E-state index in [1.54, 1.807) is 6.07 Å². The lowest BCUT2D eigenvalue weighted by atomic mass is 9.98. The Morgan fingerprint density at radius 3 is 2.16 bits per heavy atom. The third-order valence-electron chi connectivity index (χ3n) is 2.85. The summed E-state index contributed by atoms with van der Waals surface area (Å²) >= 11 is 0. The summed E-state index contributed by atoms with van der Waals surface area (Å²) in [7, 11) is 0. The van der Waals surface area contributed by atoms with E-state index in [9.17, 15) is 8.78 Å². The molecule has 0 aromatic heterocycles. The molecule has 0 unspecified atom stereocenters. The van der Waals surface area contributed by atoms with E-state index in [0.717, 1.165) is 16.7 Å². The van der Waals surface area contributed by atoms with Gasteiger partial charge in [-0.15, -0.1) is 12.4 Å². The molecule has 2 aromatic rings. The predicted octanol–water partition coefficient (Wildman–Crippen LogP) is 4.43. The largest absolute Gasteiger partial charge is 0.324 e. The molecule has 2 rings (SSSR count). The zero-order chi connectivity index (χ0) is 13.0. The summed E-state index contributed by atoms with van der Waals surface area (Å²) in [5, 5.41) is 0. The zero-order valence-electron chi connectivity index (χ0n) is 10.3. The number of benzene rings is 2. The van der Waals surface area contributed by atoms with Crippen LogP contribution in [0.4, 0.5) is 8.78 Å². The summed E-state index contributed by atoms with van der Waals surface area (Å²) in [5.74, 6) is 0. The van der Waals surface area contributed by atoms with Crippen LogP contribution < -0.4 is 5.73 Å². The van der Waals surface area contributed by atoms with E-state index in [1.807, 2.05) is 48.5 Å². The normalized spacial score (nSPS) is 12.0. The molecule has 0 saturated carbocycles. The minimum Gasteiger partial charge on any atom is -0.324 e. The van der Waals surface area contributed by atoms with E-state index in [0.29, 0.717) is 0 Å². The summed E-state index contributed by atoms with van der Waals surface area (Å²) in [6.45, 7) is 0. The number of halogens is 3. The lowest BCUT2D eigenvalue weighted by molar-refractivity contribution is 0.128. The second kappa shape index (κ2) is 7.22. The second-order valence-electron chi connectivity index (χ2n) is 4.22. The van der Waals surface area contributed by atoms with Crippen LogP contribution in [0.3, 0.4) is 0 Å². The molecule has 19 heavy (non-hydrogen) atoms. The maximum Gasteiger partial charge on any atom is 0.240 e. The van der Waals surface area contributed by atoms with Crippen molar-refractivity contribution < 1.29 is 8.78 Å². The topological polar surface area (TPSA) is 26.0 Å². The molecule has 0 bridgehead atoms. The molecule has 1 atom stereocenters. The van der Waals surface area contributed by atoms with Crippen molar-refractivity contribution in [2.45, 2.75) is 18.9 Å². The quantitative estimate of drug-likeness (QED) is 0.882. The summed E-state index contributed by atoms with van der Waals surface area (Å²) in [6, 6.07) is 16.7. The summed E-state index contributed by atoms with van der Waals surface area (Å²) < 4.78 is 24.6. The van der Waals surface area contributed by atoms with E-state index in [2.05, 4.69) is 0 Å². The Bertz CT molecular complexity index is 503. The van der Waals surface area contributed by atoms with Crippen molar-refractivity contribution in [1.82, 2.24) is 0 Å². The Morgan fingerprint density at radius 1 is 0.895 bits per heavy atom. The fraction of sp³-hybridized carbons (Fsp3) is 0.200. The van der Waals surface area contributed by atoms with Gasteiger partial charge >= 0.3 is 0 Å². The average molecular weight is 284 g/mol. The first-order chi connectivity index (χ1) is 8.66. The monoisotopic (exact) mass is 283 g/mol. The van der Waals surface area contributed by atoms with Crippen LogP contribution in [0.25, 0.3) is 11.1 Å². The third-order valence-corrected chi connectivity index (χ3v) is 2.85. The first kappa shape index (κ1) is 15.6. The van der Waals surface area contributed by atoms with Gasteiger partial charge < -0.3 is 5.73 Å². The number of hydrogen-bond acceptors (Lipinski definition) is 1. The van der Waals surface area contributed by atoms with E-state index >= 15 is 0 Å². The summed E-state index contributed by atoms with van der Waals surface area (Å²) in [6.07, 6.45) is -2.68. The molecule has 0 aliphatic carbocycles. The highest BCUT2D eigenvalue weighted by atomic mass is 35.5. The number of rotatable bonds is 4. The van der Waals surface area contributed by atoms with Crippen LogP contribution in [0.1, 0.15) is 18.0 Å². The molecular formula is C15H16ClF2N. The highest BCUT2D eigenvalue weighted by Crippen LogP contribution is 2.24. The maximum atomic E-state index is 12.3. The molecule has 0 aliphatic heterocycles. The lowest BCUT2D eigenvalue weighted by Crippen LogP contribution is -2.13. The second-order valence-corrected chi connectivity index (χ2v) is 4.22. The van der Waals surface area contributed by atoms with Crippen molar-refractivity contribution in [1.29, 1.82) is 0 Å². The fourth-order valence-corrected chi connectivity index (χ4v) is 1.91. The number of hydrogen-bond donors (Lipinski definition) is 1. The standard InChI is InChI=1S/C15H15F2N.ClH/c16-15(17)10-14(18)13-8-4-7-12(9-13)11-5-2-1-3-6-11;/h1-9,14-15H,10,18H2;1H/t14-;/m1./s1. The highest BCUT2D eigenvalue weighted by Gasteiger charge is 2.13. The number of alkyl halides is 2. The zero-order valence-corrected chi connectivity index (χ0v) is 11.1. The molecule has 102 valence electrons. The van der Waals surface area contributed by atoms with Crippen molar-refractivity contribution in [3.8, 4) is 11.1 Å². The van der Waals surface area contributed by atoms with Crippen molar-refractivity contribution in [3.05, 3.63) is 60.2 Å². The van der Waals surface area contributed by atoms with Gasteiger partial charge in [0.05, 0.1) is 0 Å². The Labute approximate surface area is 117 Å². The summed E-state index contributed by atoms with van der Waals surface area (Å²) in [4.78, 5) is 0. The smallest absolute Gasteiger partial charge is 0.240 e. The minimum absolute atomic E-state index is 0. The van der Waals surface area contributed by atoms with Crippen molar-refractivity contribution >= 4 is 12.4 Å². The molecule has 0 fully saturated rings. The molecule has 0 radical (unpaired) electrons. The highest BCUT2D eigenvalue weighted by molar-refractivity contribution is 5.85. The van der Waals surface area contributed by atoms with Crippen molar-refractivity contribution in [3.63, 3.8) is 0 Å². The molecule has 0 amide bonds. The van der Waals surface area contributed by atoms with Crippen LogP contribution >= 0.6 is 12.4 Å².